The fourth-order valence-electron chi connectivity index (χ4n) is 3.89. The summed E-state index contributed by atoms with van der Waals surface area (Å²) in [6.07, 6.45) is 10.6. The molecule has 1 N–H and O–H groups in total. The molecule has 1 heterocycles. The SMILES string of the molecule is CCCC(CC1=CCC(=S)C=C1)c1nc(-c2ccccc2)c(-c2ccccc2)[nH]1. The topological polar surface area (TPSA) is 28.7 Å². The molecule has 0 spiro atoms. The van der Waals surface area contributed by atoms with Gasteiger partial charge in [-0.25, -0.2) is 4.98 Å². The lowest BCUT2D eigenvalue weighted by atomic mass is 9.91. The van der Waals surface area contributed by atoms with E-state index < -0.39 is 0 Å². The second kappa shape index (κ2) is 9.15. The Morgan fingerprint density at radius 1 is 0.966 bits per heavy atom. The Kier molecular flexibility index (Phi) is 6.16. The number of nitrogens with one attached hydrogen (secondary N) is 1. The van der Waals surface area contributed by atoms with Gasteiger partial charge in [0, 0.05) is 28.3 Å². The van der Waals surface area contributed by atoms with Crippen molar-refractivity contribution in [1.82, 2.24) is 9.97 Å². The highest BCUT2D eigenvalue weighted by molar-refractivity contribution is 7.80. The Bertz CT molecular complexity index is 972. The van der Waals surface area contributed by atoms with Gasteiger partial charge in [-0.15, -0.1) is 0 Å². The molecule has 2 nitrogen and oxygen atoms in total. The summed E-state index contributed by atoms with van der Waals surface area (Å²) in [5.74, 6) is 1.44. The normalized spacial score (nSPS) is 14.7. The van der Waals surface area contributed by atoms with Crippen molar-refractivity contribution in [3.05, 3.63) is 90.3 Å². The van der Waals surface area contributed by atoms with Crippen molar-refractivity contribution in [1.29, 1.82) is 0 Å². The number of benzene rings is 2. The number of hydrogen-bond donors (Lipinski definition) is 1. The predicted octanol–water partition coefficient (Wildman–Crippen LogP) is 7.27. The van der Waals surface area contributed by atoms with Crippen molar-refractivity contribution in [2.24, 2.45) is 0 Å². The molecule has 0 saturated carbocycles. The number of imidazole rings is 1. The Morgan fingerprint density at radius 3 is 2.28 bits per heavy atom. The number of aromatic amines is 1. The van der Waals surface area contributed by atoms with Crippen LogP contribution in [0.2, 0.25) is 0 Å². The molecule has 4 rings (SSSR count). The van der Waals surface area contributed by atoms with E-state index in [1.54, 1.807) is 0 Å². The molecule has 1 aromatic heterocycles. The number of rotatable bonds is 7. The highest BCUT2D eigenvalue weighted by atomic mass is 32.1. The molecule has 0 radical (unpaired) electrons. The van der Waals surface area contributed by atoms with Crippen LogP contribution >= 0.6 is 12.2 Å². The van der Waals surface area contributed by atoms with E-state index >= 15 is 0 Å². The Hall–Kier alpha value is -2.78. The maximum atomic E-state index is 5.30. The number of allylic oxidation sites excluding steroid dienone is 4. The van der Waals surface area contributed by atoms with Crippen LogP contribution in [0.25, 0.3) is 22.5 Å². The molecule has 0 saturated heterocycles. The van der Waals surface area contributed by atoms with E-state index in [4.69, 9.17) is 17.2 Å². The molecule has 1 atom stereocenters. The molecule has 0 amide bonds. The van der Waals surface area contributed by atoms with Gasteiger partial charge < -0.3 is 4.98 Å². The van der Waals surface area contributed by atoms with Crippen LogP contribution in [0.5, 0.6) is 0 Å². The summed E-state index contributed by atoms with van der Waals surface area (Å²) in [7, 11) is 0. The van der Waals surface area contributed by atoms with Gasteiger partial charge in [0.2, 0.25) is 0 Å². The van der Waals surface area contributed by atoms with Crippen LogP contribution in [0.15, 0.2) is 84.5 Å². The first-order chi connectivity index (χ1) is 14.2. The van der Waals surface area contributed by atoms with Gasteiger partial charge in [0.15, 0.2) is 0 Å². The van der Waals surface area contributed by atoms with Gasteiger partial charge in [-0.05, 0) is 18.9 Å². The zero-order valence-electron chi connectivity index (χ0n) is 16.8. The van der Waals surface area contributed by atoms with E-state index in [2.05, 4.69) is 84.7 Å². The third kappa shape index (κ3) is 4.63. The third-order valence-electron chi connectivity index (χ3n) is 5.39. The van der Waals surface area contributed by atoms with Crippen molar-refractivity contribution in [2.75, 3.05) is 0 Å². The quantitative estimate of drug-likeness (QED) is 0.424. The second-order valence-corrected chi connectivity index (χ2v) is 8.07. The minimum atomic E-state index is 0.363. The van der Waals surface area contributed by atoms with Crippen LogP contribution in [0.3, 0.4) is 0 Å². The van der Waals surface area contributed by atoms with Crippen LogP contribution in [0.1, 0.15) is 44.3 Å². The average molecular weight is 399 g/mol. The molecule has 1 aliphatic rings. The van der Waals surface area contributed by atoms with E-state index in [0.29, 0.717) is 5.92 Å². The lowest BCUT2D eigenvalue weighted by molar-refractivity contribution is 0.584. The summed E-state index contributed by atoms with van der Waals surface area (Å²) in [6.45, 7) is 2.24. The van der Waals surface area contributed by atoms with Crippen molar-refractivity contribution >= 4 is 17.1 Å². The van der Waals surface area contributed by atoms with E-state index in [1.807, 2.05) is 6.07 Å². The first-order valence-corrected chi connectivity index (χ1v) is 10.8. The maximum absolute atomic E-state index is 5.30. The second-order valence-electron chi connectivity index (χ2n) is 7.55. The molecule has 1 aliphatic carbocycles. The average Bonchev–Trinajstić information content (AvgIpc) is 3.22. The zero-order valence-corrected chi connectivity index (χ0v) is 17.6. The van der Waals surface area contributed by atoms with Gasteiger partial charge in [0.25, 0.3) is 0 Å². The molecule has 146 valence electrons. The summed E-state index contributed by atoms with van der Waals surface area (Å²) in [6, 6.07) is 21.0. The van der Waals surface area contributed by atoms with E-state index in [1.165, 1.54) is 11.1 Å². The maximum Gasteiger partial charge on any atom is 0.110 e. The van der Waals surface area contributed by atoms with E-state index in [9.17, 15) is 0 Å². The number of thiocarbonyl (C=S) groups is 1. The molecule has 0 bridgehead atoms. The van der Waals surface area contributed by atoms with Gasteiger partial charge in [-0.3, -0.25) is 0 Å². The first-order valence-electron chi connectivity index (χ1n) is 10.3. The molecule has 2 aromatic carbocycles. The fourth-order valence-corrected chi connectivity index (χ4v) is 4.04. The molecular weight excluding hydrogens is 372 g/mol. The molecule has 3 aromatic rings. The first kappa shape index (κ1) is 19.5. The fraction of sp³-hybridized carbons (Fsp3) is 0.231. The van der Waals surface area contributed by atoms with Gasteiger partial charge in [0.05, 0.1) is 11.4 Å². The Balaban J connectivity index is 1.73. The monoisotopic (exact) mass is 398 g/mol. The number of aromatic nitrogens is 2. The van der Waals surface area contributed by atoms with Crippen molar-refractivity contribution in [3.63, 3.8) is 0 Å². The van der Waals surface area contributed by atoms with Crippen molar-refractivity contribution in [2.45, 2.75) is 38.5 Å². The number of nitrogens with zero attached hydrogens (tertiary/aromatic N) is 1. The smallest absolute Gasteiger partial charge is 0.110 e. The molecular formula is C26H26N2S. The summed E-state index contributed by atoms with van der Waals surface area (Å²) < 4.78 is 0. The lowest BCUT2D eigenvalue weighted by Gasteiger charge is -2.16. The van der Waals surface area contributed by atoms with Crippen LogP contribution in [-0.4, -0.2) is 14.8 Å². The van der Waals surface area contributed by atoms with Crippen LogP contribution in [0.4, 0.5) is 0 Å². The number of H-pyrrole nitrogens is 1. The van der Waals surface area contributed by atoms with Crippen LogP contribution in [-0.2, 0) is 0 Å². The van der Waals surface area contributed by atoms with Gasteiger partial charge in [-0.2, -0.15) is 0 Å². The van der Waals surface area contributed by atoms with Crippen LogP contribution < -0.4 is 0 Å². The molecule has 29 heavy (non-hydrogen) atoms. The zero-order chi connectivity index (χ0) is 20.1. The van der Waals surface area contributed by atoms with Crippen molar-refractivity contribution in [3.8, 4) is 22.5 Å². The number of hydrogen-bond acceptors (Lipinski definition) is 2. The molecule has 0 fully saturated rings. The largest absolute Gasteiger partial charge is 0.341 e. The minimum absolute atomic E-state index is 0.363. The highest BCUT2D eigenvalue weighted by Crippen LogP contribution is 2.35. The summed E-state index contributed by atoms with van der Waals surface area (Å²) in [5, 5.41) is 0. The van der Waals surface area contributed by atoms with Gasteiger partial charge in [-0.1, -0.05) is 104 Å². The van der Waals surface area contributed by atoms with E-state index in [-0.39, 0.29) is 0 Å². The molecule has 3 heteroatoms. The summed E-state index contributed by atoms with van der Waals surface area (Å²) in [4.78, 5) is 9.83. The summed E-state index contributed by atoms with van der Waals surface area (Å²) in [5.41, 5.74) is 5.80. The lowest BCUT2D eigenvalue weighted by Crippen LogP contribution is -2.04. The molecule has 1 unspecified atom stereocenters. The Morgan fingerprint density at radius 2 is 1.66 bits per heavy atom. The highest BCUT2D eigenvalue weighted by Gasteiger charge is 2.21. The van der Waals surface area contributed by atoms with E-state index in [0.717, 1.165) is 53.3 Å². The van der Waals surface area contributed by atoms with Crippen molar-refractivity contribution < 1.29 is 0 Å². The Labute approximate surface area is 178 Å². The minimum Gasteiger partial charge on any atom is -0.341 e. The predicted molar refractivity (Wildman–Crippen MR) is 126 cm³/mol. The standard InChI is InChI=1S/C26H26N2S/c1-2-9-22(18-19-14-16-23(29)17-15-19)26-27-24(20-10-5-3-6-11-20)25(28-26)21-12-7-4-8-13-21/h3-8,10-16,22H,2,9,17-18H2,1H3,(H,27,28). The van der Waals surface area contributed by atoms with Gasteiger partial charge >= 0.3 is 0 Å². The third-order valence-corrected chi connectivity index (χ3v) is 5.69. The molecule has 0 aliphatic heterocycles. The van der Waals surface area contributed by atoms with Gasteiger partial charge in [0.1, 0.15) is 5.82 Å². The van der Waals surface area contributed by atoms with Crippen LogP contribution in [0, 0.1) is 0 Å². The summed E-state index contributed by atoms with van der Waals surface area (Å²) >= 11 is 5.30.